The van der Waals surface area contributed by atoms with Gasteiger partial charge in [-0.25, -0.2) is 0 Å². The topological polar surface area (TPSA) is 12.0 Å². The molecule has 1 aromatic carbocycles. The summed E-state index contributed by atoms with van der Waals surface area (Å²) in [4.78, 5) is 0. The Morgan fingerprint density at radius 3 is 2.27 bits per heavy atom. The fourth-order valence-corrected chi connectivity index (χ4v) is 2.82. The van der Waals surface area contributed by atoms with Gasteiger partial charge in [-0.3, -0.25) is 0 Å². The summed E-state index contributed by atoms with van der Waals surface area (Å²) in [5.41, 5.74) is 3.26. The van der Waals surface area contributed by atoms with E-state index in [1.165, 1.54) is 25.8 Å². The van der Waals surface area contributed by atoms with E-state index in [0.29, 0.717) is 6.04 Å². The Bertz CT molecular complexity index is 354. The highest BCUT2D eigenvalue weighted by molar-refractivity contribution is 5.36. The third kappa shape index (κ3) is 1.81. The summed E-state index contributed by atoms with van der Waals surface area (Å²) in [6, 6.07) is 9.78. The lowest BCUT2D eigenvalue weighted by molar-refractivity contribution is 0.657. The molecule has 0 spiro atoms. The molecule has 1 saturated carbocycles. The molecule has 1 aromatic rings. The second kappa shape index (κ2) is 3.64. The number of hydrogen-bond acceptors (Lipinski definition) is 1. The van der Waals surface area contributed by atoms with E-state index in [0.717, 1.165) is 11.8 Å². The predicted molar refractivity (Wildman–Crippen MR) is 63.2 cm³/mol. The Morgan fingerprint density at radius 1 is 1.07 bits per heavy atom. The monoisotopic (exact) mass is 201 g/mol. The zero-order valence-corrected chi connectivity index (χ0v) is 9.37. The van der Waals surface area contributed by atoms with Crippen molar-refractivity contribution in [3.63, 3.8) is 0 Å². The lowest BCUT2D eigenvalue weighted by Gasteiger charge is -2.14. The molecule has 3 rings (SSSR count). The summed E-state index contributed by atoms with van der Waals surface area (Å²) in [5, 5.41) is 3.55. The van der Waals surface area contributed by atoms with E-state index in [1.807, 2.05) is 0 Å². The smallest absolute Gasteiger partial charge is 0.00452 e. The minimum absolute atomic E-state index is 0.697. The van der Waals surface area contributed by atoms with Crippen LogP contribution in [0.25, 0.3) is 0 Å². The molecule has 1 aliphatic carbocycles. The number of hydrogen-bond donors (Lipinski definition) is 1. The maximum Gasteiger partial charge on any atom is 0.00452 e. The lowest BCUT2D eigenvalue weighted by Crippen LogP contribution is -2.16. The summed E-state index contributed by atoms with van der Waals surface area (Å²) in [7, 11) is 0. The Balaban J connectivity index is 1.89. The second-order valence-electron chi connectivity index (χ2n) is 5.15. The first-order valence-corrected chi connectivity index (χ1v) is 6.17. The van der Waals surface area contributed by atoms with Gasteiger partial charge in [-0.05, 0) is 49.1 Å². The van der Waals surface area contributed by atoms with Gasteiger partial charge in [0.15, 0.2) is 0 Å². The van der Waals surface area contributed by atoms with Gasteiger partial charge < -0.3 is 5.32 Å². The van der Waals surface area contributed by atoms with Crippen molar-refractivity contribution in [3.8, 4) is 0 Å². The van der Waals surface area contributed by atoms with E-state index in [-0.39, 0.29) is 0 Å². The van der Waals surface area contributed by atoms with Crippen LogP contribution in [-0.2, 0) is 0 Å². The Kier molecular flexibility index (Phi) is 2.28. The minimum atomic E-state index is 0.697. The molecule has 80 valence electrons. The van der Waals surface area contributed by atoms with Crippen molar-refractivity contribution in [2.24, 2.45) is 0 Å². The molecule has 2 unspecified atom stereocenters. The molecule has 0 bridgehead atoms. The van der Waals surface area contributed by atoms with E-state index in [9.17, 15) is 0 Å². The van der Waals surface area contributed by atoms with Crippen LogP contribution in [0.3, 0.4) is 0 Å². The van der Waals surface area contributed by atoms with Crippen LogP contribution in [-0.4, -0.2) is 12.6 Å². The van der Waals surface area contributed by atoms with Crippen molar-refractivity contribution < 1.29 is 0 Å². The van der Waals surface area contributed by atoms with Crippen molar-refractivity contribution >= 4 is 0 Å². The Labute approximate surface area is 91.9 Å². The van der Waals surface area contributed by atoms with Gasteiger partial charge in [0.2, 0.25) is 0 Å². The van der Waals surface area contributed by atoms with Gasteiger partial charge in [-0.2, -0.15) is 0 Å². The predicted octanol–water partition coefficient (Wildman–Crippen LogP) is 3.03. The molecule has 2 aliphatic rings. The van der Waals surface area contributed by atoms with Gasteiger partial charge in [-0.15, -0.1) is 0 Å². The molecule has 1 aliphatic heterocycles. The molecule has 1 heterocycles. The quantitative estimate of drug-likeness (QED) is 0.775. The number of rotatable bonds is 2. The van der Waals surface area contributed by atoms with Crippen LogP contribution in [0.4, 0.5) is 0 Å². The van der Waals surface area contributed by atoms with Crippen LogP contribution in [0, 0.1) is 0 Å². The standard InChI is InChI=1S/C14H19N/c1-10-8-12(9-15-10)14-5-3-2-4-13(14)11-6-7-11/h2-5,10-12,15H,6-9H2,1H3. The zero-order valence-electron chi connectivity index (χ0n) is 9.37. The third-order valence-electron chi connectivity index (χ3n) is 3.80. The molecule has 1 N–H and O–H groups in total. The van der Waals surface area contributed by atoms with Gasteiger partial charge >= 0.3 is 0 Å². The van der Waals surface area contributed by atoms with Crippen molar-refractivity contribution in [2.45, 2.75) is 44.1 Å². The lowest BCUT2D eigenvalue weighted by atomic mass is 9.90. The molecule has 2 atom stereocenters. The van der Waals surface area contributed by atoms with Gasteiger partial charge in [0.05, 0.1) is 0 Å². The fraction of sp³-hybridized carbons (Fsp3) is 0.571. The van der Waals surface area contributed by atoms with Crippen LogP contribution in [0.1, 0.15) is 49.1 Å². The van der Waals surface area contributed by atoms with E-state index >= 15 is 0 Å². The van der Waals surface area contributed by atoms with Gasteiger partial charge in [0, 0.05) is 12.6 Å². The molecular weight excluding hydrogens is 182 g/mol. The molecular formula is C14H19N. The molecule has 0 aromatic heterocycles. The van der Waals surface area contributed by atoms with E-state index < -0.39 is 0 Å². The summed E-state index contributed by atoms with van der Waals surface area (Å²) < 4.78 is 0. The highest BCUT2D eigenvalue weighted by Gasteiger charge is 2.30. The average molecular weight is 201 g/mol. The largest absolute Gasteiger partial charge is 0.314 e. The maximum atomic E-state index is 3.55. The summed E-state index contributed by atoms with van der Waals surface area (Å²) in [5.74, 6) is 1.65. The van der Waals surface area contributed by atoms with E-state index in [1.54, 1.807) is 11.1 Å². The first kappa shape index (κ1) is 9.41. The third-order valence-corrected chi connectivity index (χ3v) is 3.80. The van der Waals surface area contributed by atoms with Crippen molar-refractivity contribution in [1.82, 2.24) is 5.32 Å². The van der Waals surface area contributed by atoms with Crippen molar-refractivity contribution in [2.75, 3.05) is 6.54 Å². The molecule has 0 radical (unpaired) electrons. The molecule has 1 nitrogen and oxygen atoms in total. The molecule has 1 saturated heterocycles. The maximum absolute atomic E-state index is 3.55. The molecule has 0 amide bonds. The van der Waals surface area contributed by atoms with Gasteiger partial charge in [0.1, 0.15) is 0 Å². The minimum Gasteiger partial charge on any atom is -0.314 e. The first-order chi connectivity index (χ1) is 7.34. The average Bonchev–Trinajstić information content (AvgIpc) is 3.02. The van der Waals surface area contributed by atoms with Crippen LogP contribution in [0.2, 0.25) is 0 Å². The molecule has 15 heavy (non-hydrogen) atoms. The van der Waals surface area contributed by atoms with Crippen LogP contribution < -0.4 is 5.32 Å². The Hall–Kier alpha value is -0.820. The summed E-state index contributed by atoms with van der Waals surface area (Å²) in [6.07, 6.45) is 4.13. The summed E-state index contributed by atoms with van der Waals surface area (Å²) >= 11 is 0. The summed E-state index contributed by atoms with van der Waals surface area (Å²) in [6.45, 7) is 3.46. The Morgan fingerprint density at radius 2 is 1.73 bits per heavy atom. The van der Waals surface area contributed by atoms with Crippen molar-refractivity contribution in [1.29, 1.82) is 0 Å². The molecule has 1 heteroatoms. The molecule has 2 fully saturated rings. The highest BCUT2D eigenvalue weighted by atomic mass is 14.9. The van der Waals surface area contributed by atoms with Gasteiger partial charge in [-0.1, -0.05) is 24.3 Å². The van der Waals surface area contributed by atoms with Crippen molar-refractivity contribution in [3.05, 3.63) is 35.4 Å². The zero-order chi connectivity index (χ0) is 10.3. The van der Waals surface area contributed by atoms with Gasteiger partial charge in [0.25, 0.3) is 0 Å². The van der Waals surface area contributed by atoms with E-state index in [4.69, 9.17) is 0 Å². The highest BCUT2D eigenvalue weighted by Crippen LogP contribution is 2.44. The first-order valence-electron chi connectivity index (χ1n) is 6.17. The van der Waals surface area contributed by atoms with Crippen LogP contribution in [0.5, 0.6) is 0 Å². The number of benzene rings is 1. The SMILES string of the molecule is CC1CC(c2ccccc2C2CC2)CN1. The second-order valence-corrected chi connectivity index (χ2v) is 5.15. The normalized spacial score (nSPS) is 30.7. The van der Waals surface area contributed by atoms with E-state index in [2.05, 4.69) is 36.5 Å². The van der Waals surface area contributed by atoms with Crippen LogP contribution >= 0.6 is 0 Å². The fourth-order valence-electron chi connectivity index (χ4n) is 2.82. The van der Waals surface area contributed by atoms with Crippen LogP contribution in [0.15, 0.2) is 24.3 Å². The number of nitrogens with one attached hydrogen (secondary N) is 1.